The Balaban J connectivity index is 2.18. The van der Waals surface area contributed by atoms with Crippen molar-refractivity contribution in [1.29, 1.82) is 0 Å². The van der Waals surface area contributed by atoms with Gasteiger partial charge in [-0.3, -0.25) is 4.79 Å². The van der Waals surface area contributed by atoms with E-state index in [0.717, 1.165) is 13.1 Å². The highest BCUT2D eigenvalue weighted by molar-refractivity contribution is 5.76. The molecule has 2 N–H and O–H groups in total. The zero-order valence-corrected chi connectivity index (χ0v) is 12.5. The van der Waals surface area contributed by atoms with Crippen LogP contribution < -0.4 is 10.6 Å². The minimum absolute atomic E-state index is 0.171. The highest BCUT2D eigenvalue weighted by Gasteiger charge is 2.31. The maximum absolute atomic E-state index is 11.6. The fourth-order valence-corrected chi connectivity index (χ4v) is 2.64. The van der Waals surface area contributed by atoms with Gasteiger partial charge in [0.05, 0.1) is 0 Å². The fraction of sp³-hybridized carbons (Fsp3) is 0.933. The van der Waals surface area contributed by atoms with Crippen molar-refractivity contribution in [1.82, 2.24) is 10.6 Å². The van der Waals surface area contributed by atoms with Crippen molar-refractivity contribution in [3.63, 3.8) is 0 Å². The summed E-state index contributed by atoms with van der Waals surface area (Å²) >= 11 is 0. The maximum Gasteiger partial charge on any atom is 0.221 e. The minimum Gasteiger partial charge on any atom is -0.356 e. The summed E-state index contributed by atoms with van der Waals surface area (Å²) in [6.07, 6.45) is 5.81. The van der Waals surface area contributed by atoms with Crippen LogP contribution >= 0.6 is 0 Å². The Bertz CT molecular complexity index is 261. The number of nitrogens with one attached hydrogen (secondary N) is 2. The molecule has 1 unspecified atom stereocenters. The summed E-state index contributed by atoms with van der Waals surface area (Å²) in [5.74, 6) is 0.698. The van der Waals surface area contributed by atoms with E-state index in [2.05, 4.69) is 38.3 Å². The van der Waals surface area contributed by atoms with Gasteiger partial charge < -0.3 is 10.6 Å². The molecule has 1 saturated carbocycles. The van der Waals surface area contributed by atoms with E-state index in [1.54, 1.807) is 0 Å². The van der Waals surface area contributed by atoms with E-state index in [4.69, 9.17) is 0 Å². The van der Waals surface area contributed by atoms with Gasteiger partial charge in [-0.15, -0.1) is 0 Å². The highest BCUT2D eigenvalue weighted by atomic mass is 16.1. The van der Waals surface area contributed by atoms with Gasteiger partial charge in [0.2, 0.25) is 5.91 Å². The van der Waals surface area contributed by atoms with Crippen molar-refractivity contribution < 1.29 is 4.79 Å². The third-order valence-corrected chi connectivity index (χ3v) is 3.96. The van der Waals surface area contributed by atoms with Gasteiger partial charge in [-0.1, -0.05) is 40.5 Å². The Morgan fingerprint density at radius 2 is 2.06 bits per heavy atom. The molecule has 0 heterocycles. The van der Waals surface area contributed by atoms with Crippen LogP contribution in [0.15, 0.2) is 0 Å². The number of carbonyl (C=O) groups is 1. The Morgan fingerprint density at radius 1 is 1.33 bits per heavy atom. The largest absolute Gasteiger partial charge is 0.356 e. The molecule has 0 bridgehead atoms. The molecule has 0 aliphatic heterocycles. The molecule has 1 amide bonds. The smallest absolute Gasteiger partial charge is 0.221 e. The van der Waals surface area contributed by atoms with E-state index in [1.807, 2.05) is 0 Å². The van der Waals surface area contributed by atoms with E-state index < -0.39 is 0 Å². The summed E-state index contributed by atoms with van der Waals surface area (Å²) in [5.41, 5.74) is 0.382. The Kier molecular flexibility index (Phi) is 6.13. The molecule has 1 aliphatic carbocycles. The first-order valence-electron chi connectivity index (χ1n) is 7.42. The van der Waals surface area contributed by atoms with Gasteiger partial charge in [0.25, 0.3) is 0 Å². The van der Waals surface area contributed by atoms with Crippen LogP contribution in [-0.2, 0) is 4.79 Å². The van der Waals surface area contributed by atoms with Crippen LogP contribution in [0.3, 0.4) is 0 Å². The van der Waals surface area contributed by atoms with Crippen LogP contribution in [0.5, 0.6) is 0 Å². The van der Waals surface area contributed by atoms with Gasteiger partial charge in [0.15, 0.2) is 0 Å². The minimum atomic E-state index is 0.171. The molecule has 1 rings (SSSR count). The molecular weight excluding hydrogens is 224 g/mol. The van der Waals surface area contributed by atoms with Crippen LogP contribution in [0.25, 0.3) is 0 Å². The van der Waals surface area contributed by atoms with Gasteiger partial charge in [-0.25, -0.2) is 0 Å². The lowest BCUT2D eigenvalue weighted by Crippen LogP contribution is -2.45. The van der Waals surface area contributed by atoms with Crippen LogP contribution in [0.4, 0.5) is 0 Å². The summed E-state index contributed by atoms with van der Waals surface area (Å²) in [5, 5.41) is 6.53. The first kappa shape index (κ1) is 15.5. The van der Waals surface area contributed by atoms with Crippen molar-refractivity contribution in [2.45, 2.75) is 65.8 Å². The zero-order chi connectivity index (χ0) is 13.6. The molecule has 0 saturated heterocycles. The van der Waals surface area contributed by atoms with Gasteiger partial charge in [-0.05, 0) is 24.2 Å². The van der Waals surface area contributed by atoms with Crippen molar-refractivity contribution in [2.75, 3.05) is 13.1 Å². The molecule has 106 valence electrons. The van der Waals surface area contributed by atoms with Gasteiger partial charge in [0, 0.05) is 25.6 Å². The lowest BCUT2D eigenvalue weighted by molar-refractivity contribution is -0.121. The second-order valence-corrected chi connectivity index (χ2v) is 6.69. The quantitative estimate of drug-likeness (QED) is 0.765. The van der Waals surface area contributed by atoms with E-state index in [1.165, 1.54) is 25.7 Å². The summed E-state index contributed by atoms with van der Waals surface area (Å²) in [7, 11) is 0. The molecule has 0 aromatic rings. The monoisotopic (exact) mass is 254 g/mol. The first-order valence-corrected chi connectivity index (χ1v) is 7.42. The Morgan fingerprint density at radius 3 is 2.67 bits per heavy atom. The molecule has 1 fully saturated rings. The second kappa shape index (κ2) is 7.13. The molecule has 1 atom stereocenters. The summed E-state index contributed by atoms with van der Waals surface area (Å²) in [6, 6.07) is 0.573. The third-order valence-electron chi connectivity index (χ3n) is 3.96. The van der Waals surface area contributed by atoms with Crippen molar-refractivity contribution in [3.05, 3.63) is 0 Å². The van der Waals surface area contributed by atoms with E-state index in [9.17, 15) is 4.79 Å². The number of rotatable bonds is 6. The summed E-state index contributed by atoms with van der Waals surface area (Å²) in [4.78, 5) is 11.6. The molecule has 18 heavy (non-hydrogen) atoms. The maximum atomic E-state index is 11.6. The Hall–Kier alpha value is -0.570. The third kappa shape index (κ3) is 5.38. The highest BCUT2D eigenvalue weighted by Crippen LogP contribution is 2.35. The number of carbonyl (C=O) groups excluding carboxylic acids is 1. The SMILES string of the molecule is CC(C)CNC(=O)CCNC1CCCCC1(C)C. The van der Waals surface area contributed by atoms with Crippen molar-refractivity contribution in [3.8, 4) is 0 Å². The topological polar surface area (TPSA) is 41.1 Å². The summed E-state index contributed by atoms with van der Waals surface area (Å²) < 4.78 is 0. The average molecular weight is 254 g/mol. The van der Waals surface area contributed by atoms with E-state index >= 15 is 0 Å². The normalized spacial score (nSPS) is 23.1. The average Bonchev–Trinajstić information content (AvgIpc) is 2.28. The predicted octanol–water partition coefficient (Wildman–Crippen LogP) is 2.71. The lowest BCUT2D eigenvalue weighted by Gasteiger charge is -2.39. The molecule has 0 aromatic carbocycles. The molecule has 0 radical (unpaired) electrons. The van der Waals surface area contributed by atoms with Crippen molar-refractivity contribution in [2.24, 2.45) is 11.3 Å². The van der Waals surface area contributed by atoms with Crippen LogP contribution in [0.2, 0.25) is 0 Å². The molecule has 3 nitrogen and oxygen atoms in total. The van der Waals surface area contributed by atoms with Crippen LogP contribution in [-0.4, -0.2) is 25.0 Å². The fourth-order valence-electron chi connectivity index (χ4n) is 2.64. The number of hydrogen-bond donors (Lipinski definition) is 2. The molecule has 3 heteroatoms. The van der Waals surface area contributed by atoms with Crippen LogP contribution in [0, 0.1) is 11.3 Å². The molecular formula is C15H30N2O. The van der Waals surface area contributed by atoms with E-state index in [-0.39, 0.29) is 5.91 Å². The zero-order valence-electron chi connectivity index (χ0n) is 12.5. The first-order chi connectivity index (χ1) is 8.42. The molecule has 1 aliphatic rings. The molecule has 0 aromatic heterocycles. The number of hydrogen-bond acceptors (Lipinski definition) is 2. The van der Waals surface area contributed by atoms with Crippen LogP contribution in [0.1, 0.15) is 59.8 Å². The predicted molar refractivity (Wildman–Crippen MR) is 76.5 cm³/mol. The second-order valence-electron chi connectivity index (χ2n) is 6.69. The van der Waals surface area contributed by atoms with Gasteiger partial charge in [0.1, 0.15) is 0 Å². The Labute approximate surface area is 112 Å². The van der Waals surface area contributed by atoms with Crippen molar-refractivity contribution >= 4 is 5.91 Å². The lowest BCUT2D eigenvalue weighted by atomic mass is 9.73. The van der Waals surface area contributed by atoms with Gasteiger partial charge >= 0.3 is 0 Å². The summed E-state index contributed by atoms with van der Waals surface area (Å²) in [6.45, 7) is 10.5. The van der Waals surface area contributed by atoms with Gasteiger partial charge in [-0.2, -0.15) is 0 Å². The number of amides is 1. The van der Waals surface area contributed by atoms with E-state index in [0.29, 0.717) is 23.8 Å². The standard InChI is InChI=1S/C15H30N2O/c1-12(2)11-17-14(18)8-10-16-13-7-5-6-9-15(13,3)4/h12-13,16H,5-11H2,1-4H3,(H,17,18). The molecule has 0 spiro atoms.